The molecule has 82 valence electrons. The summed E-state index contributed by atoms with van der Waals surface area (Å²) in [6.45, 7) is 0. The fraction of sp³-hybridized carbons (Fsp3) is 0.0909. The van der Waals surface area contributed by atoms with Gasteiger partial charge in [-0.1, -0.05) is 5.92 Å². The van der Waals surface area contributed by atoms with E-state index in [1.165, 1.54) is 7.11 Å². The Morgan fingerprint density at radius 2 is 1.94 bits per heavy atom. The summed E-state index contributed by atoms with van der Waals surface area (Å²) in [5.41, 5.74) is 3.04. The van der Waals surface area contributed by atoms with E-state index in [0.29, 0.717) is 11.1 Å². The summed E-state index contributed by atoms with van der Waals surface area (Å²) in [6.07, 6.45) is 0. The molecule has 5 nitrogen and oxygen atoms in total. The van der Waals surface area contributed by atoms with Crippen LogP contribution >= 0.6 is 0 Å². The standard InChI is InChI=1S/C11H10N2O3/c1-16-10(14)7-4-8-2-5-9(6-3-8)11(15)13-12/h2-3,5-6H,12H2,1H3,(H,13,15). The van der Waals surface area contributed by atoms with Gasteiger partial charge in [0.2, 0.25) is 0 Å². The molecular formula is C11H10N2O3. The van der Waals surface area contributed by atoms with E-state index in [-0.39, 0.29) is 5.91 Å². The number of ether oxygens (including phenoxy) is 1. The largest absolute Gasteiger partial charge is 0.459 e. The smallest absolute Gasteiger partial charge is 0.384 e. The maximum atomic E-state index is 11.1. The van der Waals surface area contributed by atoms with Crippen molar-refractivity contribution in [2.24, 2.45) is 5.84 Å². The molecule has 0 heterocycles. The molecule has 0 aliphatic carbocycles. The molecule has 0 fully saturated rings. The number of carbonyl (C=O) groups excluding carboxylic acids is 2. The molecule has 0 aliphatic rings. The molecule has 0 radical (unpaired) electrons. The summed E-state index contributed by atoms with van der Waals surface area (Å²) in [5.74, 6) is 8.85. The first-order valence-corrected chi connectivity index (χ1v) is 4.38. The lowest BCUT2D eigenvalue weighted by Gasteiger charge is -1.98. The van der Waals surface area contributed by atoms with Gasteiger partial charge in [0.15, 0.2) is 0 Å². The highest BCUT2D eigenvalue weighted by Crippen LogP contribution is 2.02. The highest BCUT2D eigenvalue weighted by atomic mass is 16.5. The van der Waals surface area contributed by atoms with Crippen molar-refractivity contribution >= 4 is 11.9 Å². The van der Waals surface area contributed by atoms with Gasteiger partial charge in [-0.05, 0) is 24.3 Å². The van der Waals surface area contributed by atoms with Crippen LogP contribution in [-0.2, 0) is 9.53 Å². The number of nitrogens with two attached hydrogens (primary N) is 1. The molecule has 0 spiro atoms. The third-order valence-electron chi connectivity index (χ3n) is 1.77. The number of carbonyl (C=O) groups is 2. The van der Waals surface area contributed by atoms with E-state index in [4.69, 9.17) is 5.84 Å². The molecule has 0 bridgehead atoms. The summed E-state index contributed by atoms with van der Waals surface area (Å²) >= 11 is 0. The fourth-order valence-corrected chi connectivity index (χ4v) is 0.963. The highest BCUT2D eigenvalue weighted by molar-refractivity contribution is 5.94. The SMILES string of the molecule is COC(=O)C#Cc1ccc(C(=O)NN)cc1. The Morgan fingerprint density at radius 1 is 1.31 bits per heavy atom. The first-order valence-electron chi connectivity index (χ1n) is 4.38. The number of nitrogens with one attached hydrogen (secondary N) is 1. The van der Waals surface area contributed by atoms with Crippen molar-refractivity contribution in [1.29, 1.82) is 0 Å². The highest BCUT2D eigenvalue weighted by Gasteiger charge is 2.01. The molecule has 1 aromatic carbocycles. The lowest BCUT2D eigenvalue weighted by Crippen LogP contribution is -2.29. The number of hydrazine groups is 1. The van der Waals surface area contributed by atoms with Crippen molar-refractivity contribution in [3.8, 4) is 11.8 Å². The van der Waals surface area contributed by atoms with E-state index in [0.717, 1.165) is 0 Å². The molecular weight excluding hydrogens is 208 g/mol. The monoisotopic (exact) mass is 218 g/mol. The summed E-state index contributed by atoms with van der Waals surface area (Å²) in [7, 11) is 1.26. The van der Waals surface area contributed by atoms with Gasteiger partial charge in [-0.3, -0.25) is 10.2 Å². The lowest BCUT2D eigenvalue weighted by molar-refractivity contribution is -0.133. The van der Waals surface area contributed by atoms with Crippen LogP contribution in [0.5, 0.6) is 0 Å². The number of rotatable bonds is 1. The minimum Gasteiger partial charge on any atom is -0.459 e. The molecule has 5 heteroatoms. The van der Waals surface area contributed by atoms with Gasteiger partial charge in [0.05, 0.1) is 7.11 Å². The fourth-order valence-electron chi connectivity index (χ4n) is 0.963. The molecule has 3 N–H and O–H groups in total. The van der Waals surface area contributed by atoms with E-state index in [2.05, 4.69) is 16.6 Å². The Kier molecular flexibility index (Phi) is 4.07. The Labute approximate surface area is 92.6 Å². The second kappa shape index (κ2) is 5.53. The maximum Gasteiger partial charge on any atom is 0.384 e. The predicted molar refractivity (Wildman–Crippen MR) is 57.0 cm³/mol. The summed E-state index contributed by atoms with van der Waals surface area (Å²) in [6, 6.07) is 6.34. The predicted octanol–water partition coefficient (Wildman–Crippen LogP) is -0.185. The minimum atomic E-state index is -0.608. The number of hydrogen-bond acceptors (Lipinski definition) is 4. The van der Waals surface area contributed by atoms with E-state index in [1.807, 2.05) is 5.43 Å². The van der Waals surface area contributed by atoms with Crippen LogP contribution in [0.3, 0.4) is 0 Å². The van der Waals surface area contributed by atoms with Gasteiger partial charge in [0.1, 0.15) is 0 Å². The second-order valence-electron chi connectivity index (χ2n) is 2.79. The van der Waals surface area contributed by atoms with Crippen LogP contribution in [0.25, 0.3) is 0 Å². The normalized spacial score (nSPS) is 8.62. The second-order valence-corrected chi connectivity index (χ2v) is 2.79. The number of methoxy groups -OCH3 is 1. The molecule has 0 aliphatic heterocycles. The third-order valence-corrected chi connectivity index (χ3v) is 1.77. The van der Waals surface area contributed by atoms with Crippen molar-refractivity contribution in [1.82, 2.24) is 5.43 Å². The van der Waals surface area contributed by atoms with Crippen molar-refractivity contribution in [2.75, 3.05) is 7.11 Å². The van der Waals surface area contributed by atoms with E-state index >= 15 is 0 Å². The quantitative estimate of drug-likeness (QED) is 0.225. The van der Waals surface area contributed by atoms with E-state index in [1.54, 1.807) is 24.3 Å². The van der Waals surface area contributed by atoms with Gasteiger partial charge in [0.25, 0.3) is 5.91 Å². The van der Waals surface area contributed by atoms with Crippen molar-refractivity contribution < 1.29 is 14.3 Å². The number of esters is 1. The Balaban J connectivity index is 2.82. The summed E-state index contributed by atoms with van der Waals surface area (Å²) < 4.78 is 4.36. The van der Waals surface area contributed by atoms with Gasteiger partial charge >= 0.3 is 5.97 Å². The topological polar surface area (TPSA) is 81.4 Å². The number of nitrogen functional groups attached to an aromatic ring is 1. The molecule has 16 heavy (non-hydrogen) atoms. The van der Waals surface area contributed by atoms with Crippen molar-refractivity contribution in [3.05, 3.63) is 35.4 Å². The zero-order valence-electron chi connectivity index (χ0n) is 8.61. The first kappa shape index (κ1) is 11.8. The van der Waals surface area contributed by atoms with Gasteiger partial charge < -0.3 is 4.74 Å². The zero-order valence-corrected chi connectivity index (χ0v) is 8.61. The summed E-state index contributed by atoms with van der Waals surface area (Å²) in [4.78, 5) is 21.8. The number of hydrogen-bond donors (Lipinski definition) is 2. The van der Waals surface area contributed by atoms with Crippen LogP contribution in [-0.4, -0.2) is 19.0 Å². The average Bonchev–Trinajstić information content (AvgIpc) is 2.35. The minimum absolute atomic E-state index is 0.382. The lowest BCUT2D eigenvalue weighted by atomic mass is 10.1. The molecule has 1 amide bonds. The van der Waals surface area contributed by atoms with Gasteiger partial charge in [-0.25, -0.2) is 10.6 Å². The average molecular weight is 218 g/mol. The molecule has 1 aromatic rings. The molecule has 0 aromatic heterocycles. The van der Waals surface area contributed by atoms with Crippen LogP contribution in [0, 0.1) is 11.8 Å². The molecule has 0 saturated heterocycles. The number of amides is 1. The van der Waals surface area contributed by atoms with Gasteiger partial charge in [-0.2, -0.15) is 0 Å². The van der Waals surface area contributed by atoms with Gasteiger partial charge in [0, 0.05) is 17.0 Å². The van der Waals surface area contributed by atoms with E-state index in [9.17, 15) is 9.59 Å². The van der Waals surface area contributed by atoms with Gasteiger partial charge in [-0.15, -0.1) is 0 Å². The van der Waals surface area contributed by atoms with Crippen LogP contribution in [0.2, 0.25) is 0 Å². The first-order chi connectivity index (χ1) is 7.67. The van der Waals surface area contributed by atoms with Crippen LogP contribution in [0.4, 0.5) is 0 Å². The molecule has 0 unspecified atom stereocenters. The van der Waals surface area contributed by atoms with Crippen LogP contribution in [0.1, 0.15) is 15.9 Å². The summed E-state index contributed by atoms with van der Waals surface area (Å²) in [5, 5.41) is 0. The van der Waals surface area contributed by atoms with Crippen LogP contribution < -0.4 is 11.3 Å². The molecule has 0 atom stereocenters. The van der Waals surface area contributed by atoms with Crippen LogP contribution in [0.15, 0.2) is 24.3 Å². The Morgan fingerprint density at radius 3 is 2.44 bits per heavy atom. The maximum absolute atomic E-state index is 11.1. The molecule has 1 rings (SSSR count). The van der Waals surface area contributed by atoms with Crippen molar-refractivity contribution in [3.63, 3.8) is 0 Å². The zero-order chi connectivity index (χ0) is 12.0. The number of benzene rings is 1. The Bertz CT molecular complexity index is 454. The Hall–Kier alpha value is -2.32. The third kappa shape index (κ3) is 3.12. The molecule has 0 saturated carbocycles. The van der Waals surface area contributed by atoms with E-state index < -0.39 is 5.97 Å². The van der Waals surface area contributed by atoms with Crippen molar-refractivity contribution in [2.45, 2.75) is 0 Å².